The zero-order valence-corrected chi connectivity index (χ0v) is 18.0. The lowest BCUT2D eigenvalue weighted by molar-refractivity contribution is 0.0747. The highest BCUT2D eigenvalue weighted by Crippen LogP contribution is 2.24. The summed E-state index contributed by atoms with van der Waals surface area (Å²) >= 11 is 0. The molecule has 0 aliphatic carbocycles. The van der Waals surface area contributed by atoms with Gasteiger partial charge in [-0.1, -0.05) is 12.1 Å². The van der Waals surface area contributed by atoms with Crippen molar-refractivity contribution in [2.45, 2.75) is 13.8 Å². The number of piperazine rings is 1. The van der Waals surface area contributed by atoms with Gasteiger partial charge < -0.3 is 14.4 Å². The Bertz CT molecular complexity index is 1380. The monoisotopic (exact) mass is 415 g/mol. The Hall–Kier alpha value is -3.61. The molecule has 3 heterocycles. The first-order valence-electron chi connectivity index (χ1n) is 10.5. The maximum absolute atomic E-state index is 13.2. The largest absolute Gasteiger partial charge is 0.368 e. The molecule has 2 aromatic heterocycles. The number of rotatable bonds is 2. The molecule has 31 heavy (non-hydrogen) atoms. The minimum atomic E-state index is -0.128. The number of anilines is 1. The molecule has 1 aliphatic heterocycles. The van der Waals surface area contributed by atoms with Crippen LogP contribution >= 0.6 is 0 Å². The summed E-state index contributed by atoms with van der Waals surface area (Å²) < 4.78 is 3.22. The molecule has 4 aromatic rings. The van der Waals surface area contributed by atoms with Crippen LogP contribution < -0.4 is 10.5 Å². The van der Waals surface area contributed by atoms with Crippen LogP contribution in [0.5, 0.6) is 0 Å². The topological polar surface area (TPSA) is 62.8 Å². The Morgan fingerprint density at radius 3 is 2.45 bits per heavy atom. The lowest BCUT2D eigenvalue weighted by Gasteiger charge is -2.37. The molecule has 0 bridgehead atoms. The Balaban J connectivity index is 1.41. The molecule has 7 heteroatoms. The molecule has 2 aromatic carbocycles. The first-order chi connectivity index (χ1) is 14.9. The summed E-state index contributed by atoms with van der Waals surface area (Å²) in [5.74, 6) is -0.00414. The number of fused-ring (bicyclic) bond motifs is 3. The highest BCUT2D eigenvalue weighted by molar-refractivity contribution is 5.97. The van der Waals surface area contributed by atoms with Crippen LogP contribution in [0.3, 0.4) is 0 Å². The summed E-state index contributed by atoms with van der Waals surface area (Å²) in [6.45, 7) is 7.17. The molecule has 0 radical (unpaired) electrons. The van der Waals surface area contributed by atoms with Crippen molar-refractivity contribution in [3.05, 3.63) is 75.7 Å². The summed E-state index contributed by atoms with van der Waals surface area (Å²) in [7, 11) is 1.73. The van der Waals surface area contributed by atoms with E-state index in [0.29, 0.717) is 29.7 Å². The molecular weight excluding hydrogens is 390 g/mol. The molecule has 5 rings (SSSR count). The fourth-order valence-electron chi connectivity index (χ4n) is 4.44. The van der Waals surface area contributed by atoms with Crippen LogP contribution in [-0.2, 0) is 7.05 Å². The lowest BCUT2D eigenvalue weighted by atomic mass is 10.1. The first kappa shape index (κ1) is 19.4. The van der Waals surface area contributed by atoms with E-state index >= 15 is 0 Å². The van der Waals surface area contributed by atoms with Crippen LogP contribution in [0.4, 0.5) is 5.69 Å². The summed E-state index contributed by atoms with van der Waals surface area (Å²) in [5, 5.41) is 4.27. The molecule has 158 valence electrons. The third-order valence-corrected chi connectivity index (χ3v) is 6.25. The maximum atomic E-state index is 13.2. The van der Waals surface area contributed by atoms with Gasteiger partial charge in [-0.2, -0.15) is 5.10 Å². The van der Waals surface area contributed by atoms with E-state index in [1.807, 2.05) is 17.0 Å². The van der Waals surface area contributed by atoms with Gasteiger partial charge in [-0.15, -0.1) is 0 Å². The smallest absolute Gasteiger partial charge is 0.276 e. The van der Waals surface area contributed by atoms with Crippen LogP contribution in [0, 0.1) is 13.8 Å². The van der Waals surface area contributed by atoms with Crippen molar-refractivity contribution in [3.63, 3.8) is 0 Å². The molecule has 0 N–H and O–H groups in total. The summed E-state index contributed by atoms with van der Waals surface area (Å²) in [5.41, 5.74) is 6.23. The van der Waals surface area contributed by atoms with E-state index in [-0.39, 0.29) is 11.5 Å². The highest BCUT2D eigenvalue weighted by Gasteiger charge is 2.24. The van der Waals surface area contributed by atoms with E-state index < -0.39 is 0 Å². The van der Waals surface area contributed by atoms with Crippen molar-refractivity contribution in [3.8, 4) is 0 Å². The van der Waals surface area contributed by atoms with Crippen molar-refractivity contribution in [2.75, 3.05) is 31.1 Å². The maximum Gasteiger partial charge on any atom is 0.276 e. The normalized spacial score (nSPS) is 14.5. The molecule has 1 fully saturated rings. The molecule has 7 nitrogen and oxygen atoms in total. The van der Waals surface area contributed by atoms with Crippen molar-refractivity contribution >= 4 is 28.1 Å². The van der Waals surface area contributed by atoms with Crippen LogP contribution in [-0.4, -0.2) is 51.2 Å². The second-order valence-electron chi connectivity index (χ2n) is 8.27. The van der Waals surface area contributed by atoms with Crippen molar-refractivity contribution in [1.82, 2.24) is 19.1 Å². The fraction of sp³-hybridized carbons (Fsp3) is 0.292. The van der Waals surface area contributed by atoms with Crippen LogP contribution in [0.25, 0.3) is 16.6 Å². The van der Waals surface area contributed by atoms with Gasteiger partial charge in [-0.3, -0.25) is 9.59 Å². The standard InChI is InChI=1S/C24H25N5O2/c1-16-4-5-17(2)21(14-16)27-10-12-28(13-11-27)23(30)18-6-7-19-22(15-18)26(3)24(31)20-8-9-25-29(19)20/h4-9,14-15H,10-13H2,1-3H3. The number of aryl methyl sites for hydroxylation is 3. The number of amides is 1. The second-order valence-corrected chi connectivity index (χ2v) is 8.27. The van der Waals surface area contributed by atoms with E-state index in [2.05, 4.69) is 42.0 Å². The zero-order chi connectivity index (χ0) is 21.7. The van der Waals surface area contributed by atoms with Gasteiger partial charge in [0.2, 0.25) is 0 Å². The summed E-state index contributed by atoms with van der Waals surface area (Å²) in [6.07, 6.45) is 1.62. The number of nitrogens with zero attached hydrogens (tertiary/aromatic N) is 5. The number of benzene rings is 2. The minimum Gasteiger partial charge on any atom is -0.368 e. The molecule has 1 amide bonds. The van der Waals surface area contributed by atoms with Gasteiger partial charge in [0, 0.05) is 44.5 Å². The van der Waals surface area contributed by atoms with Gasteiger partial charge in [-0.25, -0.2) is 4.52 Å². The third kappa shape index (κ3) is 3.17. The van der Waals surface area contributed by atoms with E-state index in [1.54, 1.807) is 34.5 Å². The summed E-state index contributed by atoms with van der Waals surface area (Å²) in [6, 6.07) is 13.7. The number of carbonyl (C=O) groups excluding carboxylic acids is 1. The molecular formula is C24H25N5O2. The fourth-order valence-corrected chi connectivity index (χ4v) is 4.44. The van der Waals surface area contributed by atoms with Crippen molar-refractivity contribution < 1.29 is 4.79 Å². The lowest BCUT2D eigenvalue weighted by Crippen LogP contribution is -2.49. The Labute approximate surface area is 180 Å². The van der Waals surface area contributed by atoms with Gasteiger partial charge in [-0.05, 0) is 55.3 Å². The van der Waals surface area contributed by atoms with E-state index in [4.69, 9.17) is 0 Å². The Morgan fingerprint density at radius 1 is 0.903 bits per heavy atom. The predicted molar refractivity (Wildman–Crippen MR) is 122 cm³/mol. The number of aromatic nitrogens is 3. The molecule has 0 saturated carbocycles. The van der Waals surface area contributed by atoms with Crippen LogP contribution in [0.15, 0.2) is 53.5 Å². The number of carbonyl (C=O) groups is 1. The van der Waals surface area contributed by atoms with Crippen LogP contribution in [0.2, 0.25) is 0 Å². The highest BCUT2D eigenvalue weighted by atomic mass is 16.2. The number of hydrogen-bond acceptors (Lipinski definition) is 4. The third-order valence-electron chi connectivity index (χ3n) is 6.25. The van der Waals surface area contributed by atoms with Gasteiger partial charge in [0.1, 0.15) is 5.52 Å². The minimum absolute atomic E-state index is 0.00414. The van der Waals surface area contributed by atoms with Gasteiger partial charge in [0.25, 0.3) is 11.5 Å². The average molecular weight is 415 g/mol. The van der Waals surface area contributed by atoms with Gasteiger partial charge >= 0.3 is 0 Å². The van der Waals surface area contributed by atoms with E-state index in [1.165, 1.54) is 16.8 Å². The SMILES string of the molecule is Cc1ccc(C)c(N2CCN(C(=O)c3ccc4c(c3)n(C)c(=O)c3ccnn34)CC2)c1. The second kappa shape index (κ2) is 7.27. The first-order valence-corrected chi connectivity index (χ1v) is 10.5. The average Bonchev–Trinajstić information content (AvgIpc) is 3.29. The Morgan fingerprint density at radius 2 is 1.68 bits per heavy atom. The zero-order valence-electron chi connectivity index (χ0n) is 18.0. The quantitative estimate of drug-likeness (QED) is 0.505. The molecule has 0 spiro atoms. The van der Waals surface area contributed by atoms with Crippen molar-refractivity contribution in [2.24, 2.45) is 7.05 Å². The molecule has 0 unspecified atom stereocenters. The molecule has 0 atom stereocenters. The van der Waals surface area contributed by atoms with Gasteiger partial charge in [0.15, 0.2) is 0 Å². The Kier molecular flexibility index (Phi) is 4.54. The van der Waals surface area contributed by atoms with Gasteiger partial charge in [0.05, 0.1) is 17.2 Å². The molecule has 1 saturated heterocycles. The van der Waals surface area contributed by atoms with E-state index in [9.17, 15) is 9.59 Å². The van der Waals surface area contributed by atoms with Crippen molar-refractivity contribution in [1.29, 1.82) is 0 Å². The molecule has 1 aliphatic rings. The summed E-state index contributed by atoms with van der Waals surface area (Å²) in [4.78, 5) is 30.1. The van der Waals surface area contributed by atoms with Crippen LogP contribution in [0.1, 0.15) is 21.5 Å². The van der Waals surface area contributed by atoms with E-state index in [0.717, 1.165) is 18.6 Å². The number of hydrogen-bond donors (Lipinski definition) is 0. The predicted octanol–water partition coefficient (Wildman–Crippen LogP) is 2.77.